The monoisotopic (exact) mass is 308 g/mol. The quantitative estimate of drug-likeness (QED) is 0.926. The Morgan fingerprint density at radius 2 is 1.77 bits per heavy atom. The van der Waals surface area contributed by atoms with Gasteiger partial charge in [-0.15, -0.1) is 0 Å². The highest BCUT2D eigenvalue weighted by Crippen LogP contribution is 2.33. The van der Waals surface area contributed by atoms with Crippen molar-refractivity contribution in [1.82, 2.24) is 15.3 Å². The van der Waals surface area contributed by atoms with E-state index in [0.29, 0.717) is 17.1 Å². The molecule has 7 heteroatoms. The van der Waals surface area contributed by atoms with E-state index < -0.39 is 11.7 Å². The minimum absolute atomic E-state index is 0.427. The van der Waals surface area contributed by atoms with Crippen molar-refractivity contribution in [1.29, 1.82) is 0 Å². The molecule has 2 aromatic rings. The first-order chi connectivity index (χ1) is 10.6. The molecular formula is C15H15F3N4. The summed E-state index contributed by atoms with van der Waals surface area (Å²) in [7, 11) is 0. The smallest absolute Gasteiger partial charge is 0.352 e. The summed E-state index contributed by atoms with van der Waals surface area (Å²) < 4.78 is 38.7. The molecule has 0 spiro atoms. The summed E-state index contributed by atoms with van der Waals surface area (Å²) in [4.78, 5) is 10.6. The molecule has 1 aromatic heterocycles. The van der Waals surface area contributed by atoms with Gasteiger partial charge in [0.1, 0.15) is 5.69 Å². The molecule has 1 aliphatic rings. The van der Waals surface area contributed by atoms with Gasteiger partial charge in [0.15, 0.2) is 5.82 Å². The van der Waals surface area contributed by atoms with Gasteiger partial charge in [-0.25, -0.2) is 4.98 Å². The second-order valence-electron chi connectivity index (χ2n) is 5.04. The van der Waals surface area contributed by atoms with Gasteiger partial charge in [-0.2, -0.15) is 13.2 Å². The van der Waals surface area contributed by atoms with E-state index in [1.54, 1.807) is 12.3 Å². The molecule has 2 heterocycles. The van der Waals surface area contributed by atoms with Crippen LogP contribution in [0.4, 0.5) is 19.0 Å². The third-order valence-electron chi connectivity index (χ3n) is 3.56. The molecule has 1 fully saturated rings. The summed E-state index contributed by atoms with van der Waals surface area (Å²) in [6.07, 6.45) is -1.30. The van der Waals surface area contributed by atoms with Gasteiger partial charge in [0.05, 0.1) is 5.56 Å². The van der Waals surface area contributed by atoms with Gasteiger partial charge < -0.3 is 10.2 Å². The second kappa shape index (κ2) is 5.92. The predicted molar refractivity (Wildman–Crippen MR) is 77.6 cm³/mol. The van der Waals surface area contributed by atoms with Crippen LogP contribution in [0.1, 0.15) is 5.56 Å². The lowest BCUT2D eigenvalue weighted by Crippen LogP contribution is -2.44. The molecule has 0 saturated carbocycles. The highest BCUT2D eigenvalue weighted by molar-refractivity contribution is 5.72. The maximum absolute atomic E-state index is 12.9. The Kier molecular flexibility index (Phi) is 3.98. The van der Waals surface area contributed by atoms with Crippen molar-refractivity contribution in [2.45, 2.75) is 6.18 Å². The number of aromatic nitrogens is 2. The molecule has 3 rings (SSSR count). The van der Waals surface area contributed by atoms with E-state index >= 15 is 0 Å². The van der Waals surface area contributed by atoms with E-state index in [2.05, 4.69) is 15.3 Å². The Balaban J connectivity index is 2.01. The zero-order valence-electron chi connectivity index (χ0n) is 11.8. The van der Waals surface area contributed by atoms with Crippen LogP contribution in [-0.4, -0.2) is 36.1 Å². The number of halogens is 3. The topological polar surface area (TPSA) is 41.1 Å². The molecule has 0 atom stereocenters. The first kappa shape index (κ1) is 14.8. The maximum atomic E-state index is 12.9. The van der Waals surface area contributed by atoms with Crippen molar-refractivity contribution in [3.63, 3.8) is 0 Å². The molecule has 1 aliphatic heterocycles. The first-order valence-corrected chi connectivity index (χ1v) is 7.00. The number of benzene rings is 1. The molecule has 1 aromatic carbocycles. The van der Waals surface area contributed by atoms with E-state index in [9.17, 15) is 13.2 Å². The fraction of sp³-hybridized carbons (Fsp3) is 0.333. The molecular weight excluding hydrogens is 293 g/mol. The number of alkyl halides is 3. The van der Waals surface area contributed by atoms with Gasteiger partial charge in [-0.3, -0.25) is 4.98 Å². The molecule has 1 saturated heterocycles. The lowest BCUT2D eigenvalue weighted by atomic mass is 10.1. The molecule has 0 amide bonds. The fourth-order valence-corrected chi connectivity index (χ4v) is 2.49. The third kappa shape index (κ3) is 3.04. The van der Waals surface area contributed by atoms with Gasteiger partial charge in [0, 0.05) is 44.1 Å². The molecule has 4 nitrogen and oxygen atoms in total. The summed E-state index contributed by atoms with van der Waals surface area (Å²) in [6.45, 7) is 3.15. The van der Waals surface area contributed by atoms with Crippen LogP contribution < -0.4 is 10.2 Å². The van der Waals surface area contributed by atoms with Crippen molar-refractivity contribution in [2.24, 2.45) is 0 Å². The lowest BCUT2D eigenvalue weighted by molar-refractivity contribution is -0.137. The van der Waals surface area contributed by atoms with Crippen LogP contribution in [0.15, 0.2) is 36.7 Å². The standard InChI is InChI=1S/C15H15F3N4/c16-15(17,18)12-3-1-2-11(10-12)13-14(21-5-4-20-13)22-8-6-19-7-9-22/h1-5,10,19H,6-9H2. The Morgan fingerprint density at radius 3 is 2.50 bits per heavy atom. The zero-order chi connectivity index (χ0) is 15.6. The van der Waals surface area contributed by atoms with Crippen molar-refractivity contribution in [3.05, 3.63) is 42.2 Å². The molecule has 0 radical (unpaired) electrons. The van der Waals surface area contributed by atoms with Crippen LogP contribution in [0, 0.1) is 0 Å². The van der Waals surface area contributed by atoms with Crippen LogP contribution in [-0.2, 0) is 6.18 Å². The van der Waals surface area contributed by atoms with Crippen molar-refractivity contribution >= 4 is 5.82 Å². The number of nitrogens with one attached hydrogen (secondary N) is 1. The zero-order valence-corrected chi connectivity index (χ0v) is 11.8. The van der Waals surface area contributed by atoms with Crippen LogP contribution in [0.5, 0.6) is 0 Å². The summed E-state index contributed by atoms with van der Waals surface area (Å²) >= 11 is 0. The average Bonchev–Trinajstić information content (AvgIpc) is 2.55. The Labute approximate surface area is 126 Å². The Hall–Kier alpha value is -2.15. The van der Waals surface area contributed by atoms with Crippen molar-refractivity contribution in [3.8, 4) is 11.3 Å². The van der Waals surface area contributed by atoms with E-state index in [1.165, 1.54) is 12.3 Å². The third-order valence-corrected chi connectivity index (χ3v) is 3.56. The molecule has 0 aliphatic carbocycles. The molecule has 116 valence electrons. The SMILES string of the molecule is FC(F)(F)c1cccc(-c2nccnc2N2CCNCC2)c1. The summed E-state index contributed by atoms with van der Waals surface area (Å²) in [5, 5.41) is 3.23. The lowest BCUT2D eigenvalue weighted by Gasteiger charge is -2.29. The number of hydrogen-bond donors (Lipinski definition) is 1. The normalized spacial score (nSPS) is 15.9. The number of piperazine rings is 1. The van der Waals surface area contributed by atoms with Gasteiger partial charge in [0.2, 0.25) is 0 Å². The fourth-order valence-electron chi connectivity index (χ4n) is 2.49. The van der Waals surface area contributed by atoms with Gasteiger partial charge in [0.25, 0.3) is 0 Å². The molecule has 0 unspecified atom stereocenters. The molecule has 0 bridgehead atoms. The van der Waals surface area contributed by atoms with Gasteiger partial charge in [-0.05, 0) is 12.1 Å². The number of hydrogen-bond acceptors (Lipinski definition) is 4. The summed E-state index contributed by atoms with van der Waals surface area (Å²) in [6, 6.07) is 5.21. The van der Waals surface area contributed by atoms with Crippen molar-refractivity contribution < 1.29 is 13.2 Å². The van der Waals surface area contributed by atoms with Crippen LogP contribution in [0.3, 0.4) is 0 Å². The van der Waals surface area contributed by atoms with E-state index in [1.807, 2.05) is 4.90 Å². The molecule has 1 N–H and O–H groups in total. The Morgan fingerprint density at radius 1 is 1.05 bits per heavy atom. The minimum Gasteiger partial charge on any atom is -0.352 e. The predicted octanol–water partition coefficient (Wildman–Crippen LogP) is 2.57. The van der Waals surface area contributed by atoms with Gasteiger partial charge >= 0.3 is 6.18 Å². The Bertz CT molecular complexity index is 651. The van der Waals surface area contributed by atoms with Crippen LogP contribution in [0.2, 0.25) is 0 Å². The summed E-state index contributed by atoms with van der Waals surface area (Å²) in [5.41, 5.74) is 0.230. The number of nitrogens with zero attached hydrogens (tertiary/aromatic N) is 3. The summed E-state index contributed by atoms with van der Waals surface area (Å²) in [5.74, 6) is 0.628. The van der Waals surface area contributed by atoms with E-state index in [0.717, 1.165) is 38.3 Å². The van der Waals surface area contributed by atoms with E-state index in [-0.39, 0.29) is 0 Å². The second-order valence-corrected chi connectivity index (χ2v) is 5.04. The number of anilines is 1. The van der Waals surface area contributed by atoms with Crippen LogP contribution >= 0.6 is 0 Å². The average molecular weight is 308 g/mol. The van der Waals surface area contributed by atoms with E-state index in [4.69, 9.17) is 0 Å². The van der Waals surface area contributed by atoms with Gasteiger partial charge in [-0.1, -0.05) is 12.1 Å². The van der Waals surface area contributed by atoms with Crippen LogP contribution in [0.25, 0.3) is 11.3 Å². The maximum Gasteiger partial charge on any atom is 0.416 e. The van der Waals surface area contributed by atoms with Crippen molar-refractivity contribution in [2.75, 3.05) is 31.1 Å². The highest BCUT2D eigenvalue weighted by atomic mass is 19.4. The minimum atomic E-state index is -4.37. The number of rotatable bonds is 2. The molecule has 22 heavy (non-hydrogen) atoms. The highest BCUT2D eigenvalue weighted by Gasteiger charge is 2.31. The largest absolute Gasteiger partial charge is 0.416 e. The first-order valence-electron chi connectivity index (χ1n) is 7.00.